The number of guanidine groups is 1. The summed E-state index contributed by atoms with van der Waals surface area (Å²) < 4.78 is 36.6. The third kappa shape index (κ3) is 6.40. The lowest BCUT2D eigenvalue weighted by atomic mass is 10.00. The number of hydrogen-bond acceptors (Lipinski definition) is 7. The van der Waals surface area contributed by atoms with E-state index in [1.165, 1.54) is 7.11 Å². The summed E-state index contributed by atoms with van der Waals surface area (Å²) in [5, 5.41) is 10.2. The first-order chi connectivity index (χ1) is 14.9. The fourth-order valence-corrected chi connectivity index (χ4v) is 2.95. The fraction of sp³-hybridized carbons (Fsp3) is 0.190. The molecule has 1 amide bonds. The van der Waals surface area contributed by atoms with Gasteiger partial charge in [0, 0.05) is 17.7 Å². The summed E-state index contributed by atoms with van der Waals surface area (Å²) in [7, 11) is -0.606. The Bertz CT molecular complexity index is 1270. The second-order valence-electron chi connectivity index (χ2n) is 6.69. The number of aromatic nitrogens is 1. The predicted octanol–water partition coefficient (Wildman–Crippen LogP) is 2.35. The van der Waals surface area contributed by atoms with Gasteiger partial charge in [-0.15, -0.1) is 0 Å². The van der Waals surface area contributed by atoms with Gasteiger partial charge in [-0.05, 0) is 18.6 Å². The molecule has 0 radical (unpaired) electrons. The van der Waals surface area contributed by atoms with Crippen molar-refractivity contribution in [2.24, 2.45) is 5.73 Å². The predicted molar refractivity (Wildman–Crippen MR) is 122 cm³/mol. The van der Waals surface area contributed by atoms with Crippen LogP contribution >= 0.6 is 0 Å². The molecule has 0 unspecified atom stereocenters. The number of methoxy groups -OCH3 is 2. The molecule has 1 heterocycles. The largest absolute Gasteiger partial charge is 0.497 e. The maximum Gasteiger partial charge on any atom is 0.261 e. The number of benzene rings is 2. The number of rotatable bonds is 4. The van der Waals surface area contributed by atoms with E-state index in [-0.39, 0.29) is 0 Å². The highest BCUT2D eigenvalue weighted by molar-refractivity contribution is 7.85. The molecule has 3 aromatic rings. The van der Waals surface area contributed by atoms with Gasteiger partial charge in [0.25, 0.3) is 16.0 Å². The topological polar surface area (TPSA) is 165 Å². The van der Waals surface area contributed by atoms with Gasteiger partial charge in [-0.2, -0.15) is 8.42 Å². The minimum atomic E-state index is -3.67. The van der Waals surface area contributed by atoms with E-state index in [9.17, 15) is 13.2 Å². The highest BCUT2D eigenvalue weighted by Gasteiger charge is 2.19. The van der Waals surface area contributed by atoms with Crippen molar-refractivity contribution in [2.75, 3.05) is 20.5 Å². The zero-order valence-electron chi connectivity index (χ0n) is 18.0. The first kappa shape index (κ1) is 24.6. The summed E-state index contributed by atoms with van der Waals surface area (Å²) in [6.07, 6.45) is 0.715. The van der Waals surface area contributed by atoms with Gasteiger partial charge in [0.05, 0.1) is 42.6 Å². The van der Waals surface area contributed by atoms with Crippen molar-refractivity contribution in [2.45, 2.75) is 6.92 Å². The van der Waals surface area contributed by atoms with Crippen LogP contribution in [0.3, 0.4) is 0 Å². The average Bonchev–Trinajstić information content (AvgIpc) is 2.70. The molecule has 0 spiro atoms. The van der Waals surface area contributed by atoms with Gasteiger partial charge in [-0.3, -0.25) is 20.1 Å². The molecule has 0 saturated carbocycles. The van der Waals surface area contributed by atoms with Gasteiger partial charge in [0.15, 0.2) is 5.96 Å². The summed E-state index contributed by atoms with van der Waals surface area (Å²) >= 11 is 0. The highest BCUT2D eigenvalue weighted by Crippen LogP contribution is 2.35. The van der Waals surface area contributed by atoms with E-state index in [0.29, 0.717) is 39.9 Å². The normalized spacial score (nSPS) is 10.7. The summed E-state index contributed by atoms with van der Waals surface area (Å²) in [6.45, 7) is 1.97. The Kier molecular flexibility index (Phi) is 7.73. The van der Waals surface area contributed by atoms with E-state index in [1.807, 2.05) is 31.2 Å². The van der Waals surface area contributed by atoms with Crippen LogP contribution in [0.2, 0.25) is 0 Å². The number of nitrogens with zero attached hydrogens (tertiary/aromatic N) is 1. The molecule has 0 aliphatic heterocycles. The molecule has 2 aromatic carbocycles. The van der Waals surface area contributed by atoms with Crippen LogP contribution in [-0.4, -0.2) is 50.3 Å². The van der Waals surface area contributed by atoms with E-state index in [0.717, 1.165) is 11.1 Å². The van der Waals surface area contributed by atoms with E-state index < -0.39 is 22.0 Å². The molecule has 170 valence electrons. The molecule has 32 heavy (non-hydrogen) atoms. The summed E-state index contributed by atoms with van der Waals surface area (Å²) in [5.41, 5.74) is 8.76. The van der Waals surface area contributed by atoms with Crippen LogP contribution in [-0.2, 0) is 10.1 Å². The lowest BCUT2D eigenvalue weighted by Gasteiger charge is -2.15. The quantitative estimate of drug-likeness (QED) is 0.262. The smallest absolute Gasteiger partial charge is 0.261 e. The molecule has 11 heteroatoms. The molecule has 10 nitrogen and oxygen atoms in total. The molecule has 0 aliphatic rings. The zero-order chi connectivity index (χ0) is 24.1. The number of ether oxygens (including phenoxy) is 2. The molecule has 0 atom stereocenters. The first-order valence-electron chi connectivity index (χ1n) is 9.15. The van der Waals surface area contributed by atoms with Crippen LogP contribution in [0, 0.1) is 12.3 Å². The Labute approximate surface area is 185 Å². The van der Waals surface area contributed by atoms with Gasteiger partial charge < -0.3 is 15.2 Å². The number of carbonyl (C=O) groups is 1. The van der Waals surface area contributed by atoms with Crippen molar-refractivity contribution in [3.8, 4) is 22.8 Å². The number of hydrogen-bond donors (Lipinski definition) is 4. The molecule has 0 fully saturated rings. The third-order valence-electron chi connectivity index (χ3n) is 4.22. The molecule has 5 N–H and O–H groups in total. The summed E-state index contributed by atoms with van der Waals surface area (Å²) in [5.74, 6) is 0.0664. The standard InChI is InChI=1S/C20H20N4O3.CH4O3S/c1-11-6-4-5-7-13(11)15-10-14(19(25)24-20(21)22)18-16(23-15)8-12(26-2)9-17(18)27-3;1-5(2,3)4/h4-10H,1-3H3,(H4,21,22,24,25);1H3,(H,2,3,4). The van der Waals surface area contributed by atoms with Crippen molar-refractivity contribution in [1.29, 1.82) is 5.41 Å². The lowest BCUT2D eigenvalue weighted by molar-refractivity contribution is 0.0978. The van der Waals surface area contributed by atoms with Gasteiger partial charge in [-0.25, -0.2) is 4.98 Å². The monoisotopic (exact) mass is 460 g/mol. The van der Waals surface area contributed by atoms with Crippen molar-refractivity contribution < 1.29 is 27.2 Å². The number of carbonyl (C=O) groups excluding carboxylic acids is 1. The molecule has 1 aromatic heterocycles. The van der Waals surface area contributed by atoms with Crippen LogP contribution < -0.4 is 20.5 Å². The SMILES string of the molecule is COc1cc(OC)c2c(C(=O)NC(=N)N)cc(-c3ccccc3C)nc2c1.CS(=O)(=O)O. The van der Waals surface area contributed by atoms with E-state index in [2.05, 4.69) is 5.32 Å². The Morgan fingerprint density at radius 1 is 1.16 bits per heavy atom. The number of nitrogens with two attached hydrogens (primary N) is 1. The maximum absolute atomic E-state index is 12.7. The lowest BCUT2D eigenvalue weighted by Crippen LogP contribution is -2.35. The third-order valence-corrected chi connectivity index (χ3v) is 4.22. The van der Waals surface area contributed by atoms with Gasteiger partial charge >= 0.3 is 0 Å². The summed E-state index contributed by atoms with van der Waals surface area (Å²) in [4.78, 5) is 17.4. The number of amides is 1. The molecule has 0 saturated heterocycles. The maximum atomic E-state index is 12.7. The zero-order valence-corrected chi connectivity index (χ0v) is 18.8. The van der Waals surface area contributed by atoms with Crippen LogP contribution in [0.5, 0.6) is 11.5 Å². The van der Waals surface area contributed by atoms with Crippen molar-refractivity contribution in [3.63, 3.8) is 0 Å². The number of nitrogens with one attached hydrogen (secondary N) is 2. The fourth-order valence-electron chi connectivity index (χ4n) is 2.95. The van der Waals surface area contributed by atoms with Crippen LogP contribution in [0.1, 0.15) is 15.9 Å². The number of aryl methyl sites for hydroxylation is 1. The molecular formula is C21H24N4O6S. The van der Waals surface area contributed by atoms with Crippen LogP contribution in [0.15, 0.2) is 42.5 Å². The van der Waals surface area contributed by atoms with Crippen molar-refractivity contribution in [3.05, 3.63) is 53.6 Å². The van der Waals surface area contributed by atoms with Gasteiger partial charge in [0.2, 0.25) is 0 Å². The minimum Gasteiger partial charge on any atom is -0.497 e. The minimum absolute atomic E-state index is 0.313. The average molecular weight is 461 g/mol. The Morgan fingerprint density at radius 3 is 2.31 bits per heavy atom. The Hall–Kier alpha value is -3.70. The molecule has 3 rings (SSSR count). The molecule has 0 bridgehead atoms. The van der Waals surface area contributed by atoms with Crippen LogP contribution in [0.4, 0.5) is 0 Å². The Balaban J connectivity index is 0.000000654. The molecule has 0 aliphatic carbocycles. The second kappa shape index (κ2) is 10.1. The van der Waals surface area contributed by atoms with Gasteiger partial charge in [-0.1, -0.05) is 24.3 Å². The van der Waals surface area contributed by atoms with Gasteiger partial charge in [0.1, 0.15) is 11.5 Å². The van der Waals surface area contributed by atoms with E-state index >= 15 is 0 Å². The van der Waals surface area contributed by atoms with Crippen molar-refractivity contribution >= 4 is 32.9 Å². The second-order valence-corrected chi connectivity index (χ2v) is 8.16. The van der Waals surface area contributed by atoms with Crippen LogP contribution in [0.25, 0.3) is 22.2 Å². The van der Waals surface area contributed by atoms with E-state index in [4.69, 9.17) is 30.2 Å². The highest BCUT2D eigenvalue weighted by atomic mass is 32.2. The first-order valence-corrected chi connectivity index (χ1v) is 11.0. The summed E-state index contributed by atoms with van der Waals surface area (Å²) in [6, 6.07) is 12.9. The molecular weight excluding hydrogens is 436 g/mol. The Morgan fingerprint density at radius 2 is 1.78 bits per heavy atom. The number of fused-ring (bicyclic) bond motifs is 1. The van der Waals surface area contributed by atoms with Crippen molar-refractivity contribution in [1.82, 2.24) is 10.3 Å². The number of pyridine rings is 1. The van der Waals surface area contributed by atoms with E-state index in [1.54, 1.807) is 25.3 Å².